The second kappa shape index (κ2) is 19.4. The fourth-order valence-corrected chi connectivity index (χ4v) is 5.04. The van der Waals surface area contributed by atoms with Gasteiger partial charge in [0.2, 0.25) is 0 Å². The van der Waals surface area contributed by atoms with Crippen LogP contribution >= 0.6 is 0 Å². The topological polar surface area (TPSA) is 27.7 Å². The first-order valence-electron chi connectivity index (χ1n) is 11.9. The lowest BCUT2D eigenvalue weighted by atomic mass is 10.2. The lowest BCUT2D eigenvalue weighted by Crippen LogP contribution is -2.36. The van der Waals surface area contributed by atoms with Crippen molar-refractivity contribution >= 4 is 9.76 Å². The Morgan fingerprint density at radius 2 is 1.52 bits per heavy atom. The van der Waals surface area contributed by atoms with E-state index in [2.05, 4.69) is 56.7 Å². The molecule has 0 aliphatic carbocycles. The first-order valence-corrected chi connectivity index (χ1v) is 13.5. The van der Waals surface area contributed by atoms with Gasteiger partial charge in [-0.2, -0.15) is 0 Å². The quantitative estimate of drug-likeness (QED) is 0.248. The maximum absolute atomic E-state index is 6.15. The maximum atomic E-state index is 6.15. The highest BCUT2D eigenvalue weighted by Crippen LogP contribution is 2.02. The van der Waals surface area contributed by atoms with Crippen LogP contribution in [0.3, 0.4) is 0 Å². The summed E-state index contributed by atoms with van der Waals surface area (Å²) in [7, 11) is -0.433. The summed E-state index contributed by atoms with van der Waals surface area (Å²) in [5, 5.41) is 3.71. The average molecular weight is 402 g/mol. The van der Waals surface area contributed by atoms with Crippen LogP contribution in [0.5, 0.6) is 0 Å². The summed E-state index contributed by atoms with van der Waals surface area (Å²) in [4.78, 5) is 5.27. The van der Waals surface area contributed by atoms with Crippen molar-refractivity contribution in [3.05, 3.63) is 0 Å². The molecule has 0 aliphatic rings. The van der Waals surface area contributed by atoms with Crippen LogP contribution in [0.15, 0.2) is 0 Å². The van der Waals surface area contributed by atoms with Gasteiger partial charge in [-0.05, 0) is 84.7 Å². The Morgan fingerprint density at radius 1 is 0.852 bits per heavy atom. The molecule has 1 unspecified atom stereocenters. The van der Waals surface area contributed by atoms with Gasteiger partial charge in [0, 0.05) is 18.3 Å². The molecule has 0 spiro atoms. The fourth-order valence-electron chi connectivity index (χ4n) is 3.66. The van der Waals surface area contributed by atoms with E-state index in [1.54, 1.807) is 0 Å². The molecule has 5 heteroatoms. The molecule has 4 nitrogen and oxygen atoms in total. The molecule has 0 fully saturated rings. The largest absolute Gasteiger partial charge is 0.420 e. The molecule has 1 atom stereocenters. The third-order valence-electron chi connectivity index (χ3n) is 5.51. The molecule has 1 N–H and O–H groups in total. The third-order valence-corrected chi connectivity index (χ3v) is 7.13. The highest BCUT2D eigenvalue weighted by Gasteiger charge is 2.09. The van der Waals surface area contributed by atoms with Crippen LogP contribution in [0.4, 0.5) is 0 Å². The Bertz CT molecular complexity index is 303. The molecule has 0 saturated heterocycles. The Labute approximate surface area is 173 Å². The zero-order chi connectivity index (χ0) is 20.3. The monoisotopic (exact) mass is 401 g/mol. The van der Waals surface area contributed by atoms with Gasteiger partial charge in [-0.25, -0.2) is 0 Å². The standard InChI is InChI=1S/C22H51N3OSi/c1-7-14-21(6)26-27-20-25(17-12-15-23-22(9-3)10-4)19-13-18-24(11-5)16-8-2/h21-23H,7-20,27H2,1-6H3. The van der Waals surface area contributed by atoms with Gasteiger partial charge in [-0.3, -0.25) is 0 Å². The predicted octanol–water partition coefficient (Wildman–Crippen LogP) is 3.83. The van der Waals surface area contributed by atoms with Crippen molar-refractivity contribution in [2.75, 3.05) is 45.4 Å². The van der Waals surface area contributed by atoms with E-state index in [-0.39, 0.29) is 0 Å². The Hall–Kier alpha value is 0.0569. The molecule has 0 amide bonds. The van der Waals surface area contributed by atoms with Crippen molar-refractivity contribution in [2.24, 2.45) is 0 Å². The van der Waals surface area contributed by atoms with Crippen LogP contribution in [0.2, 0.25) is 0 Å². The van der Waals surface area contributed by atoms with Crippen LogP contribution in [-0.2, 0) is 4.43 Å². The van der Waals surface area contributed by atoms with Gasteiger partial charge < -0.3 is 19.5 Å². The average Bonchev–Trinajstić information content (AvgIpc) is 2.67. The van der Waals surface area contributed by atoms with E-state index in [0.717, 1.165) is 6.54 Å². The van der Waals surface area contributed by atoms with Crippen molar-refractivity contribution in [1.82, 2.24) is 15.1 Å². The normalized spacial score (nSPS) is 13.7. The van der Waals surface area contributed by atoms with Gasteiger partial charge in [0.1, 0.15) is 0 Å². The van der Waals surface area contributed by atoms with Gasteiger partial charge in [0.05, 0.1) is 0 Å². The zero-order valence-electron chi connectivity index (χ0n) is 19.6. The van der Waals surface area contributed by atoms with E-state index in [9.17, 15) is 0 Å². The summed E-state index contributed by atoms with van der Waals surface area (Å²) in [5.41, 5.74) is 0. The minimum atomic E-state index is -0.433. The highest BCUT2D eigenvalue weighted by atomic mass is 28.2. The molecule has 27 heavy (non-hydrogen) atoms. The van der Waals surface area contributed by atoms with E-state index in [1.165, 1.54) is 83.8 Å². The van der Waals surface area contributed by atoms with Gasteiger partial charge >= 0.3 is 0 Å². The van der Waals surface area contributed by atoms with Crippen molar-refractivity contribution in [2.45, 2.75) is 98.6 Å². The Kier molecular flexibility index (Phi) is 19.4. The first kappa shape index (κ1) is 27.1. The molecule has 0 aromatic rings. The summed E-state index contributed by atoms with van der Waals surface area (Å²) >= 11 is 0. The van der Waals surface area contributed by atoms with Crippen molar-refractivity contribution in [1.29, 1.82) is 0 Å². The van der Waals surface area contributed by atoms with Crippen molar-refractivity contribution in [3.63, 3.8) is 0 Å². The molecule has 0 saturated carbocycles. The lowest BCUT2D eigenvalue weighted by molar-refractivity contribution is 0.202. The Morgan fingerprint density at radius 3 is 2.11 bits per heavy atom. The fraction of sp³-hybridized carbons (Fsp3) is 1.00. The highest BCUT2D eigenvalue weighted by molar-refractivity contribution is 6.27. The second-order valence-corrected chi connectivity index (χ2v) is 9.11. The van der Waals surface area contributed by atoms with Crippen LogP contribution < -0.4 is 5.32 Å². The zero-order valence-corrected chi connectivity index (χ0v) is 21.0. The van der Waals surface area contributed by atoms with E-state index in [4.69, 9.17) is 4.43 Å². The van der Waals surface area contributed by atoms with Crippen molar-refractivity contribution in [3.8, 4) is 0 Å². The van der Waals surface area contributed by atoms with E-state index in [1.807, 2.05) is 0 Å². The summed E-state index contributed by atoms with van der Waals surface area (Å²) < 4.78 is 6.15. The lowest BCUT2D eigenvalue weighted by Gasteiger charge is -2.26. The van der Waals surface area contributed by atoms with Gasteiger partial charge in [0.25, 0.3) is 0 Å². The third kappa shape index (κ3) is 15.6. The van der Waals surface area contributed by atoms with Gasteiger partial charge in [0.15, 0.2) is 9.76 Å². The molecule has 0 bridgehead atoms. The van der Waals surface area contributed by atoms with Crippen LogP contribution in [0.1, 0.15) is 86.5 Å². The molecular weight excluding hydrogens is 350 g/mol. The number of hydrogen-bond acceptors (Lipinski definition) is 4. The molecule has 0 radical (unpaired) electrons. The summed E-state index contributed by atoms with van der Waals surface area (Å²) in [6.07, 6.45) is 10.4. The molecule has 0 heterocycles. The smallest absolute Gasteiger partial charge is 0.175 e. The van der Waals surface area contributed by atoms with E-state index in [0.29, 0.717) is 12.1 Å². The predicted molar refractivity (Wildman–Crippen MR) is 124 cm³/mol. The molecule has 0 aliphatic heterocycles. The van der Waals surface area contributed by atoms with Crippen LogP contribution in [0, 0.1) is 0 Å². The number of hydrogen-bond donors (Lipinski definition) is 1. The molecular formula is C22H51N3OSi. The van der Waals surface area contributed by atoms with E-state index < -0.39 is 9.76 Å². The summed E-state index contributed by atoms with van der Waals surface area (Å²) in [6, 6.07) is 0.693. The van der Waals surface area contributed by atoms with Gasteiger partial charge in [-0.1, -0.05) is 41.0 Å². The SMILES string of the molecule is CCCC(C)O[SiH2]CN(CCCNC(CC)CC)CCCN(CC)CCC. The number of rotatable bonds is 20. The minimum Gasteiger partial charge on any atom is -0.420 e. The summed E-state index contributed by atoms with van der Waals surface area (Å²) in [6.45, 7) is 20.9. The first-order chi connectivity index (χ1) is 13.1. The maximum Gasteiger partial charge on any atom is 0.175 e. The number of nitrogens with one attached hydrogen (secondary N) is 1. The second-order valence-electron chi connectivity index (χ2n) is 7.92. The van der Waals surface area contributed by atoms with Crippen molar-refractivity contribution < 1.29 is 4.43 Å². The van der Waals surface area contributed by atoms with Crippen LogP contribution in [0.25, 0.3) is 0 Å². The molecule has 164 valence electrons. The van der Waals surface area contributed by atoms with Crippen LogP contribution in [-0.4, -0.2) is 77.1 Å². The summed E-state index contributed by atoms with van der Waals surface area (Å²) in [5.74, 6) is 0. The van der Waals surface area contributed by atoms with E-state index >= 15 is 0 Å². The molecule has 0 aromatic heterocycles. The molecule has 0 aromatic carbocycles. The molecule has 0 rings (SSSR count). The van der Waals surface area contributed by atoms with Gasteiger partial charge in [-0.15, -0.1) is 0 Å². The number of nitrogens with zero attached hydrogens (tertiary/aromatic N) is 2. The minimum absolute atomic E-state index is 0.433. The Balaban J connectivity index is 4.22.